The van der Waals surface area contributed by atoms with E-state index in [1.54, 1.807) is 0 Å². The minimum atomic E-state index is -0.402. The topological polar surface area (TPSA) is 61.7 Å². The minimum absolute atomic E-state index is 0.0400. The maximum atomic E-state index is 9.63. The second-order valence-corrected chi connectivity index (χ2v) is 5.33. The maximum Gasteiger partial charge on any atom is 0.0717 e. The van der Waals surface area contributed by atoms with Gasteiger partial charge in [0.25, 0.3) is 0 Å². The Bertz CT molecular complexity index is 371. The Labute approximate surface area is 114 Å². The molecule has 1 fully saturated rings. The molecule has 3 N–H and O–H groups in total. The number of aliphatic hydroxyl groups is 2. The van der Waals surface area contributed by atoms with E-state index in [9.17, 15) is 10.2 Å². The minimum Gasteiger partial charge on any atom is -0.395 e. The molecular formula is C15H23NO3. The average molecular weight is 265 g/mol. The van der Waals surface area contributed by atoms with Crippen molar-refractivity contribution in [2.45, 2.75) is 37.5 Å². The number of rotatable bonds is 6. The smallest absolute Gasteiger partial charge is 0.0717 e. The summed E-state index contributed by atoms with van der Waals surface area (Å²) in [6.45, 7) is 1.17. The van der Waals surface area contributed by atoms with Crippen LogP contribution in [0.15, 0.2) is 30.3 Å². The van der Waals surface area contributed by atoms with E-state index in [1.165, 1.54) is 0 Å². The first kappa shape index (κ1) is 14.5. The SMILES string of the molecule is OCC1CCCC(CO)(COCc2ccccc2)N1. The molecule has 0 spiro atoms. The number of hydrogen-bond donors (Lipinski definition) is 3. The fourth-order valence-corrected chi connectivity index (χ4v) is 2.62. The van der Waals surface area contributed by atoms with E-state index in [4.69, 9.17) is 4.74 Å². The van der Waals surface area contributed by atoms with E-state index in [0.29, 0.717) is 13.2 Å². The largest absolute Gasteiger partial charge is 0.395 e. The highest BCUT2D eigenvalue weighted by atomic mass is 16.5. The molecule has 2 rings (SSSR count). The molecule has 106 valence electrons. The van der Waals surface area contributed by atoms with E-state index in [1.807, 2.05) is 30.3 Å². The third-order valence-electron chi connectivity index (χ3n) is 3.73. The molecule has 1 saturated heterocycles. The lowest BCUT2D eigenvalue weighted by atomic mass is 9.87. The molecule has 1 aromatic rings. The standard InChI is InChI=1S/C15H23NO3/c17-9-14-7-4-8-15(11-18,16-14)12-19-10-13-5-2-1-3-6-13/h1-3,5-6,14,16-18H,4,7-12H2. The monoisotopic (exact) mass is 265 g/mol. The first-order valence-corrected chi connectivity index (χ1v) is 6.89. The highest BCUT2D eigenvalue weighted by molar-refractivity contribution is 5.13. The first-order valence-electron chi connectivity index (χ1n) is 6.89. The van der Waals surface area contributed by atoms with Crippen molar-refractivity contribution < 1.29 is 14.9 Å². The molecule has 0 radical (unpaired) electrons. The summed E-state index contributed by atoms with van der Waals surface area (Å²) in [5.41, 5.74) is 0.727. The predicted octanol–water partition coefficient (Wildman–Crippen LogP) is 1.07. The summed E-state index contributed by atoms with van der Waals surface area (Å²) in [6, 6.07) is 10.1. The molecule has 0 saturated carbocycles. The normalized spacial score (nSPS) is 27.4. The third-order valence-corrected chi connectivity index (χ3v) is 3.73. The molecule has 1 aliphatic rings. The molecule has 1 aromatic carbocycles. The van der Waals surface area contributed by atoms with Crippen LogP contribution in [0.4, 0.5) is 0 Å². The van der Waals surface area contributed by atoms with Crippen molar-refractivity contribution in [3.63, 3.8) is 0 Å². The van der Waals surface area contributed by atoms with Gasteiger partial charge in [0, 0.05) is 6.04 Å². The van der Waals surface area contributed by atoms with E-state index in [-0.39, 0.29) is 19.3 Å². The molecule has 2 unspecified atom stereocenters. The summed E-state index contributed by atoms with van der Waals surface area (Å²) < 4.78 is 5.74. The van der Waals surface area contributed by atoms with E-state index in [0.717, 1.165) is 24.8 Å². The van der Waals surface area contributed by atoms with Crippen LogP contribution in [-0.2, 0) is 11.3 Å². The van der Waals surface area contributed by atoms with Crippen LogP contribution in [0.5, 0.6) is 0 Å². The summed E-state index contributed by atoms with van der Waals surface area (Å²) >= 11 is 0. The van der Waals surface area contributed by atoms with Gasteiger partial charge in [0.2, 0.25) is 0 Å². The second-order valence-electron chi connectivity index (χ2n) is 5.33. The lowest BCUT2D eigenvalue weighted by Crippen LogP contribution is -2.59. The molecule has 0 amide bonds. The van der Waals surface area contributed by atoms with Gasteiger partial charge in [-0.1, -0.05) is 30.3 Å². The Balaban J connectivity index is 1.85. The van der Waals surface area contributed by atoms with Crippen molar-refractivity contribution in [1.29, 1.82) is 0 Å². The zero-order chi connectivity index (χ0) is 13.6. The highest BCUT2D eigenvalue weighted by Crippen LogP contribution is 2.23. The third kappa shape index (κ3) is 4.01. The number of ether oxygens (including phenoxy) is 1. The van der Waals surface area contributed by atoms with Crippen LogP contribution in [0.3, 0.4) is 0 Å². The zero-order valence-corrected chi connectivity index (χ0v) is 11.2. The lowest BCUT2D eigenvalue weighted by Gasteiger charge is -2.40. The number of aliphatic hydroxyl groups excluding tert-OH is 2. The number of hydrogen-bond acceptors (Lipinski definition) is 4. The Morgan fingerprint density at radius 3 is 2.74 bits per heavy atom. The van der Waals surface area contributed by atoms with Crippen molar-refractivity contribution in [2.24, 2.45) is 0 Å². The van der Waals surface area contributed by atoms with Gasteiger partial charge in [-0.05, 0) is 24.8 Å². The molecule has 1 aliphatic heterocycles. The second kappa shape index (κ2) is 7.01. The van der Waals surface area contributed by atoms with Crippen molar-refractivity contribution in [3.05, 3.63) is 35.9 Å². The summed E-state index contributed by atoms with van der Waals surface area (Å²) in [7, 11) is 0. The fourth-order valence-electron chi connectivity index (χ4n) is 2.62. The van der Waals surface area contributed by atoms with Gasteiger partial charge < -0.3 is 20.3 Å². The van der Waals surface area contributed by atoms with Gasteiger partial charge in [0.1, 0.15) is 0 Å². The number of benzene rings is 1. The van der Waals surface area contributed by atoms with E-state index < -0.39 is 5.54 Å². The maximum absolute atomic E-state index is 9.63. The van der Waals surface area contributed by atoms with Gasteiger partial charge in [0.05, 0.1) is 32.0 Å². The van der Waals surface area contributed by atoms with E-state index >= 15 is 0 Å². The van der Waals surface area contributed by atoms with Crippen LogP contribution in [-0.4, -0.2) is 41.6 Å². The molecule has 0 aromatic heterocycles. The van der Waals surface area contributed by atoms with Crippen LogP contribution in [0.25, 0.3) is 0 Å². The molecule has 0 bridgehead atoms. The van der Waals surface area contributed by atoms with Crippen LogP contribution >= 0.6 is 0 Å². The van der Waals surface area contributed by atoms with Gasteiger partial charge in [-0.25, -0.2) is 0 Å². The number of nitrogens with one attached hydrogen (secondary N) is 1. The first-order chi connectivity index (χ1) is 9.28. The molecule has 19 heavy (non-hydrogen) atoms. The molecule has 1 heterocycles. The molecular weight excluding hydrogens is 242 g/mol. The summed E-state index contributed by atoms with van der Waals surface area (Å²) in [5, 5.41) is 22.2. The van der Waals surface area contributed by atoms with Crippen molar-refractivity contribution in [2.75, 3.05) is 19.8 Å². The highest BCUT2D eigenvalue weighted by Gasteiger charge is 2.35. The Morgan fingerprint density at radius 2 is 2.05 bits per heavy atom. The van der Waals surface area contributed by atoms with Crippen molar-refractivity contribution in [1.82, 2.24) is 5.32 Å². The summed E-state index contributed by atoms with van der Waals surface area (Å²) in [5.74, 6) is 0. The lowest BCUT2D eigenvalue weighted by molar-refractivity contribution is -0.00134. The average Bonchev–Trinajstić information content (AvgIpc) is 2.48. The zero-order valence-electron chi connectivity index (χ0n) is 11.2. The molecule has 2 atom stereocenters. The fraction of sp³-hybridized carbons (Fsp3) is 0.600. The van der Waals surface area contributed by atoms with E-state index in [2.05, 4.69) is 5.32 Å². The van der Waals surface area contributed by atoms with Gasteiger partial charge in [0.15, 0.2) is 0 Å². The van der Waals surface area contributed by atoms with Crippen LogP contribution in [0, 0.1) is 0 Å². The predicted molar refractivity (Wildman–Crippen MR) is 73.8 cm³/mol. The Morgan fingerprint density at radius 1 is 1.26 bits per heavy atom. The van der Waals surface area contributed by atoms with Crippen molar-refractivity contribution >= 4 is 0 Å². The van der Waals surface area contributed by atoms with Crippen LogP contribution in [0.2, 0.25) is 0 Å². The summed E-state index contributed by atoms with van der Waals surface area (Å²) in [4.78, 5) is 0. The quantitative estimate of drug-likeness (QED) is 0.720. The summed E-state index contributed by atoms with van der Waals surface area (Å²) in [6.07, 6.45) is 2.85. The molecule has 4 nitrogen and oxygen atoms in total. The Kier molecular flexibility index (Phi) is 5.34. The van der Waals surface area contributed by atoms with Crippen molar-refractivity contribution in [3.8, 4) is 0 Å². The van der Waals surface area contributed by atoms with Gasteiger partial charge in [-0.2, -0.15) is 0 Å². The van der Waals surface area contributed by atoms with Gasteiger partial charge in [-0.3, -0.25) is 0 Å². The molecule has 4 heteroatoms. The van der Waals surface area contributed by atoms with Gasteiger partial charge in [-0.15, -0.1) is 0 Å². The molecule has 0 aliphatic carbocycles. The van der Waals surface area contributed by atoms with Crippen LogP contribution < -0.4 is 5.32 Å². The number of piperidine rings is 1. The Hall–Kier alpha value is -0.940. The van der Waals surface area contributed by atoms with Gasteiger partial charge >= 0.3 is 0 Å². The van der Waals surface area contributed by atoms with Crippen LogP contribution in [0.1, 0.15) is 24.8 Å².